The molecule has 0 aromatic heterocycles. The second-order valence-electron chi connectivity index (χ2n) is 7.69. The van der Waals surface area contributed by atoms with Gasteiger partial charge in [-0.2, -0.15) is 0 Å². The fourth-order valence-corrected chi connectivity index (χ4v) is 4.22. The highest BCUT2D eigenvalue weighted by molar-refractivity contribution is 6.11. The summed E-state index contributed by atoms with van der Waals surface area (Å²) in [6.07, 6.45) is 0.669. The molecule has 0 spiro atoms. The molecule has 0 radical (unpaired) electrons. The zero-order valence-corrected chi connectivity index (χ0v) is 17.9. The van der Waals surface area contributed by atoms with Gasteiger partial charge in [-0.15, -0.1) is 0 Å². The molecular formula is C23H22N2O7. The Morgan fingerprint density at radius 1 is 1.06 bits per heavy atom. The molecule has 2 aromatic rings. The van der Waals surface area contributed by atoms with Crippen molar-refractivity contribution in [2.24, 2.45) is 0 Å². The molecule has 2 aliphatic rings. The molecule has 2 heterocycles. The summed E-state index contributed by atoms with van der Waals surface area (Å²) in [5.74, 6) is -1.45. The molecule has 9 nitrogen and oxygen atoms in total. The Morgan fingerprint density at radius 3 is 2.53 bits per heavy atom. The van der Waals surface area contributed by atoms with Crippen LogP contribution in [-0.4, -0.2) is 55.1 Å². The molecule has 1 fully saturated rings. The molecule has 2 amide bonds. The minimum Gasteiger partial charge on any atom is -0.493 e. The number of ether oxygens (including phenoxy) is 3. The van der Waals surface area contributed by atoms with Crippen molar-refractivity contribution in [1.29, 1.82) is 0 Å². The van der Waals surface area contributed by atoms with E-state index in [0.717, 1.165) is 0 Å². The standard InChI is InChI=1S/C23H22N2O7/c1-23-11-10-19(26)25(23)16-7-5-4-6-15(16)21(28)24(23)13-20(27)32-17-9-8-14(22(29)31-3)12-18(17)30-2/h4-9,12H,10-11,13H2,1-3H3. The Balaban J connectivity index is 1.60. The third-order valence-electron chi connectivity index (χ3n) is 5.84. The van der Waals surface area contributed by atoms with Crippen molar-refractivity contribution in [1.82, 2.24) is 4.90 Å². The first-order chi connectivity index (χ1) is 15.3. The molecular weight excluding hydrogens is 416 g/mol. The van der Waals surface area contributed by atoms with Crippen LogP contribution in [0.4, 0.5) is 5.69 Å². The number of rotatable bonds is 5. The molecule has 166 valence electrons. The third kappa shape index (κ3) is 3.35. The third-order valence-corrected chi connectivity index (χ3v) is 5.84. The highest BCUT2D eigenvalue weighted by atomic mass is 16.6. The lowest BCUT2D eigenvalue weighted by Gasteiger charge is -2.48. The minimum absolute atomic E-state index is 0.0968. The van der Waals surface area contributed by atoms with E-state index in [-0.39, 0.29) is 41.8 Å². The lowest BCUT2D eigenvalue weighted by Crippen LogP contribution is -2.63. The molecule has 2 aromatic carbocycles. The predicted octanol–water partition coefficient (Wildman–Crippen LogP) is 2.39. The van der Waals surface area contributed by atoms with Gasteiger partial charge in [-0.05, 0) is 43.7 Å². The van der Waals surface area contributed by atoms with E-state index in [4.69, 9.17) is 9.47 Å². The average molecular weight is 438 g/mol. The molecule has 32 heavy (non-hydrogen) atoms. The van der Waals surface area contributed by atoms with Gasteiger partial charge in [0.2, 0.25) is 5.91 Å². The van der Waals surface area contributed by atoms with Crippen LogP contribution in [0.1, 0.15) is 40.5 Å². The van der Waals surface area contributed by atoms with Crippen LogP contribution in [0.2, 0.25) is 0 Å². The zero-order chi connectivity index (χ0) is 23.0. The number of para-hydroxylation sites is 1. The fraction of sp³-hybridized carbons (Fsp3) is 0.304. The SMILES string of the molecule is COC(=O)c1ccc(OC(=O)CN2C(=O)c3ccccc3N3C(=O)CCC23C)c(OC)c1. The summed E-state index contributed by atoms with van der Waals surface area (Å²) in [4.78, 5) is 53.4. The predicted molar refractivity (Wildman–Crippen MR) is 113 cm³/mol. The highest BCUT2D eigenvalue weighted by Crippen LogP contribution is 2.44. The first kappa shape index (κ1) is 21.4. The summed E-state index contributed by atoms with van der Waals surface area (Å²) in [6.45, 7) is 1.40. The topological polar surface area (TPSA) is 102 Å². The molecule has 9 heteroatoms. The monoisotopic (exact) mass is 438 g/mol. The number of amides is 2. The first-order valence-electron chi connectivity index (χ1n) is 10.0. The smallest absolute Gasteiger partial charge is 0.337 e. The van der Waals surface area contributed by atoms with Crippen LogP contribution in [0.15, 0.2) is 42.5 Å². The lowest BCUT2D eigenvalue weighted by atomic mass is 9.98. The Labute approximate surface area is 184 Å². The van der Waals surface area contributed by atoms with Crippen molar-refractivity contribution >= 4 is 29.4 Å². The Morgan fingerprint density at radius 2 is 1.81 bits per heavy atom. The van der Waals surface area contributed by atoms with Gasteiger partial charge >= 0.3 is 11.9 Å². The maximum absolute atomic E-state index is 13.2. The second kappa shape index (κ2) is 7.99. The van der Waals surface area contributed by atoms with Crippen molar-refractivity contribution in [3.05, 3.63) is 53.6 Å². The van der Waals surface area contributed by atoms with Crippen molar-refractivity contribution in [3.8, 4) is 11.5 Å². The molecule has 2 aliphatic heterocycles. The summed E-state index contributed by atoms with van der Waals surface area (Å²) in [7, 11) is 2.63. The number of hydrogen-bond acceptors (Lipinski definition) is 7. The first-order valence-corrected chi connectivity index (χ1v) is 10.0. The number of anilines is 1. The number of nitrogens with zero attached hydrogens (tertiary/aromatic N) is 2. The van der Waals surface area contributed by atoms with Crippen LogP contribution in [0.3, 0.4) is 0 Å². The number of carbonyl (C=O) groups excluding carboxylic acids is 4. The lowest BCUT2D eigenvalue weighted by molar-refractivity contribution is -0.136. The summed E-state index contributed by atoms with van der Waals surface area (Å²) in [6, 6.07) is 11.1. The highest BCUT2D eigenvalue weighted by Gasteiger charge is 2.53. The van der Waals surface area contributed by atoms with Crippen LogP contribution in [0.25, 0.3) is 0 Å². The minimum atomic E-state index is -0.972. The summed E-state index contributed by atoms with van der Waals surface area (Å²) >= 11 is 0. The Kier molecular flexibility index (Phi) is 5.33. The van der Waals surface area contributed by atoms with Gasteiger partial charge in [-0.3, -0.25) is 14.5 Å². The number of methoxy groups -OCH3 is 2. The molecule has 0 saturated carbocycles. The van der Waals surface area contributed by atoms with E-state index in [9.17, 15) is 19.2 Å². The van der Waals surface area contributed by atoms with Gasteiger partial charge in [0.15, 0.2) is 11.5 Å². The van der Waals surface area contributed by atoms with E-state index in [1.807, 2.05) is 0 Å². The molecule has 1 atom stereocenters. The van der Waals surface area contributed by atoms with E-state index in [1.54, 1.807) is 36.1 Å². The van der Waals surface area contributed by atoms with Crippen molar-refractivity contribution in [2.45, 2.75) is 25.4 Å². The van der Waals surface area contributed by atoms with E-state index >= 15 is 0 Å². The van der Waals surface area contributed by atoms with Crippen LogP contribution < -0.4 is 14.4 Å². The number of fused-ring (bicyclic) bond motifs is 3. The maximum Gasteiger partial charge on any atom is 0.337 e. The molecule has 0 N–H and O–H groups in total. The maximum atomic E-state index is 13.2. The van der Waals surface area contributed by atoms with E-state index in [1.165, 1.54) is 37.3 Å². The van der Waals surface area contributed by atoms with Gasteiger partial charge in [0.1, 0.15) is 12.2 Å². The van der Waals surface area contributed by atoms with Gasteiger partial charge in [-0.25, -0.2) is 9.59 Å². The van der Waals surface area contributed by atoms with Crippen LogP contribution in [-0.2, 0) is 14.3 Å². The second-order valence-corrected chi connectivity index (χ2v) is 7.69. The molecule has 0 aliphatic carbocycles. The number of esters is 2. The largest absolute Gasteiger partial charge is 0.493 e. The average Bonchev–Trinajstić information content (AvgIpc) is 3.11. The Bertz CT molecular complexity index is 1130. The normalized spacial score (nSPS) is 19.3. The number of hydrogen-bond donors (Lipinski definition) is 0. The van der Waals surface area contributed by atoms with Crippen LogP contribution in [0, 0.1) is 0 Å². The zero-order valence-electron chi connectivity index (χ0n) is 17.9. The summed E-state index contributed by atoms with van der Waals surface area (Å²) in [5.41, 5.74) is 0.167. The van der Waals surface area contributed by atoms with Crippen molar-refractivity contribution < 1.29 is 33.4 Å². The molecule has 1 saturated heterocycles. The van der Waals surface area contributed by atoms with Gasteiger partial charge in [0, 0.05) is 6.42 Å². The van der Waals surface area contributed by atoms with Crippen molar-refractivity contribution in [3.63, 3.8) is 0 Å². The number of benzene rings is 2. The van der Waals surface area contributed by atoms with Gasteiger partial charge in [0.05, 0.1) is 31.0 Å². The molecule has 4 rings (SSSR count). The summed E-state index contributed by atoms with van der Waals surface area (Å²) < 4.78 is 15.4. The Hall–Kier alpha value is -3.88. The van der Waals surface area contributed by atoms with Gasteiger partial charge < -0.3 is 19.1 Å². The number of carbonyl (C=O) groups is 4. The van der Waals surface area contributed by atoms with Crippen LogP contribution >= 0.6 is 0 Å². The van der Waals surface area contributed by atoms with E-state index in [0.29, 0.717) is 17.7 Å². The quantitative estimate of drug-likeness (QED) is 0.522. The fourth-order valence-electron chi connectivity index (χ4n) is 4.22. The molecule has 0 bridgehead atoms. The van der Waals surface area contributed by atoms with Crippen LogP contribution in [0.5, 0.6) is 11.5 Å². The van der Waals surface area contributed by atoms with E-state index < -0.39 is 17.6 Å². The molecule has 1 unspecified atom stereocenters. The summed E-state index contributed by atoms with van der Waals surface area (Å²) in [5, 5.41) is 0. The van der Waals surface area contributed by atoms with Crippen molar-refractivity contribution in [2.75, 3.05) is 25.7 Å². The van der Waals surface area contributed by atoms with Gasteiger partial charge in [0.25, 0.3) is 5.91 Å². The van der Waals surface area contributed by atoms with Gasteiger partial charge in [-0.1, -0.05) is 12.1 Å². The van der Waals surface area contributed by atoms with E-state index in [2.05, 4.69) is 4.74 Å².